The van der Waals surface area contributed by atoms with Gasteiger partial charge in [-0.15, -0.1) is 11.3 Å². The number of ether oxygens (including phenoxy) is 4. The van der Waals surface area contributed by atoms with Crippen molar-refractivity contribution >= 4 is 74.7 Å². The molecule has 3 saturated heterocycles. The van der Waals surface area contributed by atoms with Crippen LogP contribution in [-0.2, 0) is 49.6 Å². The Labute approximate surface area is 409 Å². The van der Waals surface area contributed by atoms with Crippen molar-refractivity contribution in [3.05, 3.63) is 29.4 Å². The minimum Gasteiger partial charge on any atom is -0.446 e. The third-order valence-corrected chi connectivity index (χ3v) is 15.5. The van der Waals surface area contributed by atoms with Crippen LogP contribution in [0.5, 0.6) is 0 Å². The van der Waals surface area contributed by atoms with Crippen LogP contribution < -0.4 is 11.1 Å². The normalized spacial score (nSPS) is 36.4. The van der Waals surface area contributed by atoms with Gasteiger partial charge in [0.1, 0.15) is 22.5 Å². The lowest BCUT2D eigenvalue weighted by Gasteiger charge is -2.47. The number of nitrogens with one attached hydrogen (secondary N) is 1. The molecular formula is C46H67FIN7O11S. The van der Waals surface area contributed by atoms with Crippen LogP contribution >= 0.6 is 33.9 Å². The van der Waals surface area contributed by atoms with Crippen LogP contribution in [0.15, 0.2) is 33.9 Å². The number of nitrogens with two attached hydrogens (primary N) is 1. The molecule has 3 aliphatic heterocycles. The number of nitrogens with zero attached hydrogens (tertiary/aromatic N) is 5. The lowest BCUT2D eigenvalue weighted by Crippen LogP contribution is -2.61. The minimum absolute atomic E-state index is 0.0322. The van der Waals surface area contributed by atoms with E-state index in [4.69, 9.17) is 29.5 Å². The van der Waals surface area contributed by atoms with Crippen molar-refractivity contribution in [2.45, 2.75) is 159 Å². The number of alkyl halides is 2. The number of halogens is 2. The molecule has 5 heterocycles. The first-order valence-corrected chi connectivity index (χ1v) is 24.8. The lowest BCUT2D eigenvalue weighted by molar-refractivity contribution is -0.296. The largest absolute Gasteiger partial charge is 0.446 e. The second-order valence-electron chi connectivity index (χ2n) is 18.9. The van der Waals surface area contributed by atoms with Gasteiger partial charge < -0.3 is 49.9 Å². The summed E-state index contributed by atoms with van der Waals surface area (Å²) in [4.78, 5) is 74.9. The summed E-state index contributed by atoms with van der Waals surface area (Å²) in [7, 11) is 3.63. The molecule has 0 aliphatic carbocycles. The van der Waals surface area contributed by atoms with E-state index in [1.54, 1.807) is 61.0 Å². The number of aliphatic hydroxyl groups is 2. The molecule has 2 bridgehead atoms. The fourth-order valence-electron chi connectivity index (χ4n) is 9.10. The number of carbonyl (C=O) groups is 4. The summed E-state index contributed by atoms with van der Waals surface area (Å²) in [5.74, 6) is -6.49. The number of carbonyl (C=O) groups excluding carboxylic acids is 4. The molecule has 14 atom stereocenters. The molecule has 67 heavy (non-hydrogen) atoms. The summed E-state index contributed by atoms with van der Waals surface area (Å²) >= 11 is 3.06. The number of hydrogen-bond donors (Lipinski definition) is 4. The molecule has 3 fully saturated rings. The molecule has 2 aromatic heterocycles. The summed E-state index contributed by atoms with van der Waals surface area (Å²) in [5.41, 5.74) is 1.09. The van der Waals surface area contributed by atoms with Gasteiger partial charge >= 0.3 is 5.97 Å². The van der Waals surface area contributed by atoms with Crippen LogP contribution in [0.2, 0.25) is 0 Å². The quantitative estimate of drug-likeness (QED) is 0.0765. The molecule has 18 nitrogen and oxygen atoms in total. The third kappa shape index (κ3) is 12.9. The van der Waals surface area contributed by atoms with Crippen LogP contribution in [0.1, 0.15) is 100 Å². The standard InChI is InChI=1S/C46H67FIN7O11S/c1-12-34(56)53-35-23(2)18-44(7)38(65-41-36(57)32(55(10)11)17-24(3)64-41)26(5)37(58)45(8,47)43(60)66-42(48)46(9,61)31(25(35)4)16-15-30(20-62-44)54-63-21-29-14-13-28(19-50-29)40-52-33(22-67-40)51-39(59)27(6)49/h13-14,19,22-27,31-32,36,38,41-42,57,61H,12,15-18,20-21,49H2,1-11H3,(H,51,59)/b53-35+,54-30+/t23-,24-,25-,26+,27+,31-,32+,36-,38-,41+,42+,44-,45+,46+/m1/s1. The predicted molar refractivity (Wildman–Crippen MR) is 258 cm³/mol. The monoisotopic (exact) mass is 1070 g/mol. The summed E-state index contributed by atoms with van der Waals surface area (Å²) in [5, 5.41) is 33.7. The van der Waals surface area contributed by atoms with Gasteiger partial charge in [0.25, 0.3) is 5.67 Å². The highest BCUT2D eigenvalue weighted by Gasteiger charge is 2.56. The molecule has 5 rings (SSSR count). The van der Waals surface area contributed by atoms with Crippen molar-refractivity contribution in [1.29, 1.82) is 0 Å². The average Bonchev–Trinajstić information content (AvgIpc) is 3.73. The summed E-state index contributed by atoms with van der Waals surface area (Å²) in [6.07, 6.45) is -1.74. The Hall–Kier alpha value is -3.42. The Morgan fingerprint density at radius 1 is 1.16 bits per heavy atom. The number of rotatable bonds is 10. The van der Waals surface area contributed by atoms with E-state index in [1.807, 2.05) is 45.8 Å². The highest BCUT2D eigenvalue weighted by Crippen LogP contribution is 2.44. The highest BCUT2D eigenvalue weighted by atomic mass is 127. The number of aliphatic imine (C=N–C) groups is 1. The average molecular weight is 1070 g/mol. The van der Waals surface area contributed by atoms with Crippen LogP contribution in [0.4, 0.5) is 10.2 Å². The molecular weight excluding hydrogens is 1000 g/mol. The summed E-state index contributed by atoms with van der Waals surface area (Å²) in [6, 6.07) is 2.46. The number of amides is 2. The van der Waals surface area contributed by atoms with Crippen LogP contribution in [0.3, 0.4) is 0 Å². The van der Waals surface area contributed by atoms with Crippen LogP contribution in [0.25, 0.3) is 10.6 Å². The zero-order valence-corrected chi connectivity index (χ0v) is 43.1. The topological polar surface area (TPSA) is 247 Å². The first-order valence-electron chi connectivity index (χ1n) is 22.7. The Bertz CT molecular complexity index is 2140. The number of anilines is 1. The van der Waals surface area contributed by atoms with Gasteiger partial charge in [-0.25, -0.2) is 19.2 Å². The van der Waals surface area contributed by atoms with Crippen molar-refractivity contribution in [3.8, 4) is 10.6 Å². The van der Waals surface area contributed by atoms with Crippen molar-refractivity contribution in [2.75, 3.05) is 26.0 Å². The van der Waals surface area contributed by atoms with Gasteiger partial charge in [0.05, 0.1) is 41.9 Å². The molecule has 0 radical (unpaired) electrons. The third-order valence-electron chi connectivity index (χ3n) is 13.1. The summed E-state index contributed by atoms with van der Waals surface area (Å²) < 4.78 is 41.0. The van der Waals surface area contributed by atoms with Crippen molar-refractivity contribution < 1.29 is 57.6 Å². The first kappa shape index (κ1) is 54.5. The number of cyclic esters (lactones) is 1. The van der Waals surface area contributed by atoms with Gasteiger partial charge in [-0.3, -0.25) is 19.4 Å². The fourth-order valence-corrected chi connectivity index (χ4v) is 10.5. The van der Waals surface area contributed by atoms with E-state index < -0.39 is 99.0 Å². The molecule has 0 saturated carbocycles. The molecule has 0 unspecified atom stereocenters. The number of likely N-dealkylation sites (N-methyl/N-ethyl adjacent to an activating group) is 1. The molecule has 372 valence electrons. The van der Waals surface area contributed by atoms with Crippen molar-refractivity contribution in [3.63, 3.8) is 0 Å². The van der Waals surface area contributed by atoms with Gasteiger partial charge in [0.15, 0.2) is 22.8 Å². The van der Waals surface area contributed by atoms with Gasteiger partial charge in [0.2, 0.25) is 11.8 Å². The number of Topliss-reactive ketones (excluding diaryl/α,β-unsaturated/α-hetero) is 1. The minimum atomic E-state index is -3.21. The van der Waals surface area contributed by atoms with E-state index in [0.29, 0.717) is 39.9 Å². The number of aromatic nitrogens is 2. The number of fused-ring (bicyclic) bond motifs is 5. The van der Waals surface area contributed by atoms with E-state index in [0.717, 1.165) is 6.92 Å². The summed E-state index contributed by atoms with van der Waals surface area (Å²) in [6.45, 7) is 14.0. The molecule has 2 aromatic rings. The second kappa shape index (κ2) is 22.6. The SMILES string of the molecule is CCC(=O)/N=C1\[C@H](C)C[C@@]2(C)OC/C(=N/OCc3ccc(-c4nc(NC(=O)[C@H](C)N)cs4)cn3)CC[C@H]([C@H]1C)[C@](C)(O)[C@@H](I)OC(=O)[C@@](C)(F)C(=O)[C@H](C)[C@H]2O[C@@H]1O[C@H](C)C[C@H](N(C)C)[C@H]1O. The first-order chi connectivity index (χ1) is 31.3. The van der Waals surface area contributed by atoms with Crippen LogP contribution in [0, 0.1) is 23.7 Å². The smallest absolute Gasteiger partial charge is 0.352 e. The molecule has 3 aliphatic rings. The maximum Gasteiger partial charge on any atom is 0.352 e. The lowest BCUT2D eigenvalue weighted by atomic mass is 9.70. The van der Waals surface area contributed by atoms with Crippen molar-refractivity contribution in [1.82, 2.24) is 14.9 Å². The number of esters is 1. The Balaban J connectivity index is 1.59. The number of pyridine rings is 1. The van der Waals surface area contributed by atoms with Gasteiger partial charge in [-0.2, -0.15) is 0 Å². The van der Waals surface area contributed by atoms with E-state index in [9.17, 15) is 29.4 Å². The maximum atomic E-state index is 16.9. The zero-order valence-electron chi connectivity index (χ0n) is 40.2. The Morgan fingerprint density at radius 2 is 1.87 bits per heavy atom. The number of ketones is 1. The van der Waals surface area contributed by atoms with E-state index in [2.05, 4.69) is 25.4 Å². The van der Waals surface area contributed by atoms with Gasteiger partial charge in [-0.1, -0.05) is 32.9 Å². The molecule has 0 aromatic carbocycles. The molecule has 21 heteroatoms. The number of thiazole rings is 1. The number of aliphatic hydroxyl groups excluding tert-OH is 1. The van der Waals surface area contributed by atoms with Gasteiger partial charge in [0, 0.05) is 47.2 Å². The van der Waals surface area contributed by atoms with Gasteiger partial charge in [-0.05, 0) is 121 Å². The number of oxime groups is 1. The van der Waals surface area contributed by atoms with Crippen LogP contribution in [-0.4, -0.2) is 138 Å². The van der Waals surface area contributed by atoms with E-state index in [1.165, 1.54) is 25.2 Å². The maximum absolute atomic E-state index is 16.9. The number of hydrogen-bond acceptors (Lipinski definition) is 17. The van der Waals surface area contributed by atoms with Crippen molar-refractivity contribution in [2.24, 2.45) is 39.6 Å². The van der Waals surface area contributed by atoms with E-state index in [-0.39, 0.29) is 44.8 Å². The molecule has 0 spiro atoms. The fraction of sp³-hybridized carbons (Fsp3) is 0.696. The molecule has 5 N–H and O–H groups in total. The Morgan fingerprint density at radius 3 is 2.49 bits per heavy atom. The highest BCUT2D eigenvalue weighted by molar-refractivity contribution is 14.1. The zero-order chi connectivity index (χ0) is 49.8. The molecule has 2 amide bonds. The second-order valence-corrected chi connectivity index (χ2v) is 20.9. The van der Waals surface area contributed by atoms with E-state index >= 15 is 4.39 Å². The predicted octanol–water partition coefficient (Wildman–Crippen LogP) is 5.40. The Kier molecular flexibility index (Phi) is 18.4.